The molecule has 0 bridgehead atoms. The van der Waals surface area contributed by atoms with Gasteiger partial charge in [-0.2, -0.15) is 0 Å². The van der Waals surface area contributed by atoms with Gasteiger partial charge in [-0.25, -0.2) is 4.79 Å². The van der Waals surface area contributed by atoms with Crippen molar-refractivity contribution in [1.82, 2.24) is 15.5 Å². The van der Waals surface area contributed by atoms with E-state index >= 15 is 0 Å². The molecule has 2 unspecified atom stereocenters. The normalized spacial score (nSPS) is 12.7. The number of benzene rings is 1. The van der Waals surface area contributed by atoms with Crippen LogP contribution in [0.15, 0.2) is 24.3 Å². The zero-order valence-electron chi connectivity index (χ0n) is 23.0. The molecule has 10 nitrogen and oxygen atoms in total. The summed E-state index contributed by atoms with van der Waals surface area (Å²) >= 11 is 0. The first-order chi connectivity index (χ1) is 17.4. The highest BCUT2D eigenvalue weighted by Gasteiger charge is 2.34. The highest BCUT2D eigenvalue weighted by molar-refractivity contribution is 5.92. The maximum Gasteiger partial charge on any atom is 0.408 e. The highest BCUT2D eigenvalue weighted by atomic mass is 16.6. The Kier molecular flexibility index (Phi) is 13.5. The van der Waals surface area contributed by atoms with Crippen molar-refractivity contribution >= 4 is 23.9 Å². The smallest absolute Gasteiger partial charge is 0.408 e. The van der Waals surface area contributed by atoms with Crippen LogP contribution >= 0.6 is 0 Å². The number of nitrogens with zero attached hydrogens (tertiary/aromatic N) is 1. The minimum Gasteiger partial charge on any atom is -0.508 e. The molecule has 0 spiro atoms. The summed E-state index contributed by atoms with van der Waals surface area (Å²) in [5.74, 6) is -1.49. The van der Waals surface area contributed by atoms with E-state index in [-0.39, 0.29) is 31.9 Å². The molecule has 0 fully saturated rings. The van der Waals surface area contributed by atoms with Gasteiger partial charge in [0.2, 0.25) is 11.8 Å². The maximum atomic E-state index is 13.6. The quantitative estimate of drug-likeness (QED) is 0.250. The van der Waals surface area contributed by atoms with Crippen LogP contribution in [0.25, 0.3) is 0 Å². The lowest BCUT2D eigenvalue weighted by atomic mass is 10.0. The Bertz CT molecular complexity index is 898. The monoisotopic (exact) mass is 521 g/mol. The molecule has 0 aliphatic rings. The van der Waals surface area contributed by atoms with Crippen molar-refractivity contribution in [2.75, 3.05) is 19.7 Å². The van der Waals surface area contributed by atoms with Crippen LogP contribution in [0.3, 0.4) is 0 Å². The van der Waals surface area contributed by atoms with Gasteiger partial charge in [0.1, 0.15) is 23.4 Å². The number of unbranched alkanes of at least 4 members (excludes halogenated alkanes) is 3. The highest BCUT2D eigenvalue weighted by Crippen LogP contribution is 2.26. The molecule has 1 rings (SSSR count). The molecule has 10 heteroatoms. The summed E-state index contributed by atoms with van der Waals surface area (Å²) in [6, 6.07) is 4.06. The summed E-state index contributed by atoms with van der Waals surface area (Å²) in [6.07, 6.45) is 2.70. The summed E-state index contributed by atoms with van der Waals surface area (Å²) in [4.78, 5) is 52.5. The number of phenolic OH excluding ortho intramolecular Hbond substituents is 1. The van der Waals surface area contributed by atoms with Gasteiger partial charge in [-0.05, 0) is 58.7 Å². The average Bonchev–Trinajstić information content (AvgIpc) is 2.79. The van der Waals surface area contributed by atoms with Crippen molar-refractivity contribution in [3.05, 3.63) is 29.8 Å². The van der Waals surface area contributed by atoms with Gasteiger partial charge in [0.25, 0.3) is 0 Å². The van der Waals surface area contributed by atoms with Gasteiger partial charge in [0.15, 0.2) is 0 Å². The second kappa shape index (κ2) is 15.7. The van der Waals surface area contributed by atoms with Crippen LogP contribution in [0.4, 0.5) is 4.79 Å². The molecule has 0 saturated heterocycles. The second-order valence-corrected chi connectivity index (χ2v) is 9.80. The lowest BCUT2D eigenvalue weighted by molar-refractivity contribution is -0.144. The number of amides is 3. The van der Waals surface area contributed by atoms with Crippen LogP contribution in [-0.4, -0.2) is 65.2 Å². The van der Waals surface area contributed by atoms with Crippen molar-refractivity contribution in [2.45, 2.75) is 91.3 Å². The minimum absolute atomic E-state index is 0.0204. The molecular formula is C27H43N3O7. The molecule has 1 aromatic carbocycles. The van der Waals surface area contributed by atoms with Gasteiger partial charge in [0, 0.05) is 13.1 Å². The van der Waals surface area contributed by atoms with Crippen LogP contribution in [0.2, 0.25) is 0 Å². The van der Waals surface area contributed by atoms with E-state index in [0.29, 0.717) is 12.0 Å². The molecule has 0 saturated carbocycles. The molecule has 37 heavy (non-hydrogen) atoms. The number of hydrogen-bond acceptors (Lipinski definition) is 7. The zero-order chi connectivity index (χ0) is 28.0. The van der Waals surface area contributed by atoms with Crippen molar-refractivity contribution in [3.63, 3.8) is 0 Å². The Labute approximate surface area is 220 Å². The van der Waals surface area contributed by atoms with Crippen molar-refractivity contribution < 1.29 is 33.8 Å². The summed E-state index contributed by atoms with van der Waals surface area (Å²) in [5.41, 5.74) is -0.336. The molecule has 0 aliphatic heterocycles. The van der Waals surface area contributed by atoms with Gasteiger partial charge in [-0.1, -0.05) is 38.3 Å². The van der Waals surface area contributed by atoms with Crippen LogP contribution in [0.1, 0.15) is 85.3 Å². The molecular weight excluding hydrogens is 478 g/mol. The molecule has 0 aromatic heterocycles. The van der Waals surface area contributed by atoms with E-state index in [1.807, 2.05) is 0 Å². The average molecular weight is 522 g/mol. The van der Waals surface area contributed by atoms with Crippen LogP contribution in [0, 0.1) is 0 Å². The molecule has 3 amide bonds. The van der Waals surface area contributed by atoms with Gasteiger partial charge >= 0.3 is 12.1 Å². The number of carbonyl (C=O) groups excluding carboxylic acids is 4. The molecule has 0 radical (unpaired) electrons. The predicted molar refractivity (Wildman–Crippen MR) is 140 cm³/mol. The largest absolute Gasteiger partial charge is 0.508 e. The van der Waals surface area contributed by atoms with E-state index in [9.17, 15) is 24.3 Å². The Morgan fingerprint density at radius 2 is 1.78 bits per heavy atom. The van der Waals surface area contributed by atoms with Gasteiger partial charge in [-0.3, -0.25) is 14.4 Å². The predicted octanol–water partition coefficient (Wildman–Crippen LogP) is 3.82. The summed E-state index contributed by atoms with van der Waals surface area (Å²) < 4.78 is 10.2. The maximum absolute atomic E-state index is 13.6. The fourth-order valence-corrected chi connectivity index (χ4v) is 3.66. The Balaban J connectivity index is 3.24. The van der Waals surface area contributed by atoms with E-state index in [1.54, 1.807) is 39.8 Å². The molecule has 2 atom stereocenters. The number of alkyl carbamates (subject to hydrolysis) is 1. The van der Waals surface area contributed by atoms with Crippen LogP contribution in [-0.2, 0) is 23.9 Å². The first kappa shape index (κ1) is 31.7. The number of esters is 1. The van der Waals surface area contributed by atoms with E-state index in [0.717, 1.165) is 19.3 Å². The fourth-order valence-electron chi connectivity index (χ4n) is 3.66. The number of rotatable bonds is 14. The number of hydrogen-bond donors (Lipinski definition) is 3. The van der Waals surface area contributed by atoms with E-state index < -0.39 is 41.6 Å². The molecule has 0 aliphatic carbocycles. The van der Waals surface area contributed by atoms with Crippen LogP contribution < -0.4 is 10.6 Å². The fraction of sp³-hybridized carbons (Fsp3) is 0.630. The van der Waals surface area contributed by atoms with Gasteiger partial charge in [-0.15, -0.1) is 0 Å². The third-order valence-electron chi connectivity index (χ3n) is 5.32. The topological polar surface area (TPSA) is 134 Å². The standard InChI is InChI=1S/C27H43N3O7/c1-7-9-10-11-17-30(25(34)19(3)29-26(35)37-27(4,5)6)23(20-13-12-14-21(31)18-20)24(33)28-16-15-22(32)36-8-2/h12-14,18-19,23,31H,7-11,15-17H2,1-6H3,(H,28,33)(H,29,35). The summed E-state index contributed by atoms with van der Waals surface area (Å²) in [7, 11) is 0. The third kappa shape index (κ3) is 12.0. The minimum atomic E-state index is -1.09. The van der Waals surface area contributed by atoms with Gasteiger partial charge in [0.05, 0.1) is 13.0 Å². The third-order valence-corrected chi connectivity index (χ3v) is 5.32. The summed E-state index contributed by atoms with van der Waals surface area (Å²) in [5, 5.41) is 15.3. The number of carbonyl (C=O) groups is 4. The first-order valence-corrected chi connectivity index (χ1v) is 12.9. The molecule has 1 aromatic rings. The Morgan fingerprint density at radius 3 is 2.38 bits per heavy atom. The number of phenols is 1. The summed E-state index contributed by atoms with van der Waals surface area (Å²) in [6.45, 7) is 11.0. The zero-order valence-corrected chi connectivity index (χ0v) is 23.0. The number of aromatic hydroxyl groups is 1. The number of ether oxygens (including phenoxy) is 2. The van der Waals surface area contributed by atoms with Crippen LogP contribution in [0.5, 0.6) is 5.75 Å². The molecule has 208 valence electrons. The van der Waals surface area contributed by atoms with E-state index in [4.69, 9.17) is 9.47 Å². The number of nitrogens with one attached hydrogen (secondary N) is 2. The lowest BCUT2D eigenvalue weighted by Gasteiger charge is -2.33. The van der Waals surface area contributed by atoms with E-state index in [2.05, 4.69) is 17.6 Å². The van der Waals surface area contributed by atoms with Gasteiger partial charge < -0.3 is 30.1 Å². The Hall–Kier alpha value is -3.30. The SMILES string of the molecule is CCCCCCN(C(=O)C(C)NC(=O)OC(C)(C)C)C(C(=O)NCCC(=O)OCC)c1cccc(O)c1. The second-order valence-electron chi connectivity index (χ2n) is 9.80. The van der Waals surface area contributed by atoms with Crippen molar-refractivity contribution in [2.24, 2.45) is 0 Å². The lowest BCUT2D eigenvalue weighted by Crippen LogP contribution is -2.52. The molecule has 0 heterocycles. The Morgan fingerprint density at radius 1 is 1.08 bits per heavy atom. The van der Waals surface area contributed by atoms with E-state index in [1.165, 1.54) is 24.0 Å². The molecule has 3 N–H and O–H groups in total. The van der Waals surface area contributed by atoms with Crippen molar-refractivity contribution in [1.29, 1.82) is 0 Å². The first-order valence-electron chi connectivity index (χ1n) is 12.9. The van der Waals surface area contributed by atoms with Crippen molar-refractivity contribution in [3.8, 4) is 5.75 Å².